The van der Waals surface area contributed by atoms with Crippen LogP contribution in [-0.2, 0) is 10.9 Å². The van der Waals surface area contributed by atoms with Gasteiger partial charge in [-0.25, -0.2) is 4.98 Å². The van der Waals surface area contributed by atoms with E-state index in [0.29, 0.717) is 5.75 Å². The Hall–Kier alpha value is -2.43. The van der Waals surface area contributed by atoms with Crippen LogP contribution >= 0.6 is 0 Å². The average molecular weight is 386 g/mol. The van der Waals surface area contributed by atoms with E-state index in [1.165, 1.54) is 18.5 Å². The van der Waals surface area contributed by atoms with Crippen molar-refractivity contribution >= 4 is 0 Å². The number of alkyl halides is 3. The Morgan fingerprint density at radius 2 is 1.85 bits per heavy atom. The quantitative estimate of drug-likeness (QED) is 0.803. The van der Waals surface area contributed by atoms with Crippen molar-refractivity contribution in [2.45, 2.75) is 30.6 Å². The van der Waals surface area contributed by atoms with Gasteiger partial charge in [0.15, 0.2) is 6.10 Å². The molecular weight excluding hydrogens is 369 g/mol. The van der Waals surface area contributed by atoms with E-state index >= 15 is 0 Å². The number of nitrogens with zero attached hydrogens (tertiary/aromatic N) is 2. The van der Waals surface area contributed by atoms with Crippen LogP contribution in [0.3, 0.4) is 0 Å². The zero-order valence-electron chi connectivity index (χ0n) is 13.9. The Bertz CT molecular complexity index is 747. The van der Waals surface area contributed by atoms with E-state index in [0.717, 1.165) is 12.1 Å². The molecule has 1 aliphatic rings. The zero-order valence-corrected chi connectivity index (χ0v) is 13.9. The van der Waals surface area contributed by atoms with Crippen LogP contribution in [0.25, 0.3) is 0 Å². The van der Waals surface area contributed by atoms with Gasteiger partial charge in [0.05, 0.1) is 6.61 Å². The summed E-state index contributed by atoms with van der Waals surface area (Å²) in [5.41, 5.74) is -1.12. The van der Waals surface area contributed by atoms with E-state index in [1.807, 2.05) is 0 Å². The maximum absolute atomic E-state index is 12.7. The van der Waals surface area contributed by atoms with E-state index in [4.69, 9.17) is 14.2 Å². The predicted molar refractivity (Wildman–Crippen MR) is 85.1 cm³/mol. The largest absolute Gasteiger partial charge is 0.491 e. The molecule has 2 N–H and O–H groups in total. The lowest BCUT2D eigenvalue weighted by Crippen LogP contribution is -2.56. The van der Waals surface area contributed by atoms with Crippen LogP contribution in [0.2, 0.25) is 0 Å². The van der Waals surface area contributed by atoms with E-state index < -0.39 is 36.3 Å². The molecule has 1 fully saturated rings. The number of rotatable bonds is 5. The Kier molecular flexibility index (Phi) is 5.78. The molecule has 0 aromatic carbocycles. The Morgan fingerprint density at radius 3 is 2.56 bits per heavy atom. The fraction of sp³-hybridized carbons (Fsp3) is 0.412. The molecule has 0 amide bonds. The fourth-order valence-corrected chi connectivity index (χ4v) is 2.51. The third-order valence-corrected chi connectivity index (χ3v) is 3.94. The second kappa shape index (κ2) is 8.07. The lowest BCUT2D eigenvalue weighted by molar-refractivity contribution is -0.187. The van der Waals surface area contributed by atoms with Crippen LogP contribution in [0, 0.1) is 0 Å². The first-order chi connectivity index (χ1) is 12.8. The number of aliphatic hydroxyl groups is 2. The number of aromatic nitrogens is 2. The monoisotopic (exact) mass is 386 g/mol. The lowest BCUT2D eigenvalue weighted by Gasteiger charge is -2.37. The van der Waals surface area contributed by atoms with Gasteiger partial charge in [-0.3, -0.25) is 4.98 Å². The third-order valence-electron chi connectivity index (χ3n) is 3.94. The molecule has 0 aliphatic carbocycles. The van der Waals surface area contributed by atoms with Crippen LogP contribution in [0.1, 0.15) is 5.69 Å². The first kappa shape index (κ1) is 19.3. The molecule has 0 bridgehead atoms. The highest BCUT2D eigenvalue weighted by atomic mass is 19.4. The van der Waals surface area contributed by atoms with Crippen molar-refractivity contribution in [3.05, 3.63) is 48.4 Å². The minimum absolute atomic E-state index is 0.0310. The molecule has 0 unspecified atom stereocenters. The average Bonchev–Trinajstić information content (AvgIpc) is 2.65. The summed E-state index contributed by atoms with van der Waals surface area (Å²) in [6.07, 6.45) is -6.19. The second-order valence-electron chi connectivity index (χ2n) is 5.86. The molecular formula is C17H17F3N2O5. The number of aliphatic hydroxyl groups excluding tert-OH is 2. The van der Waals surface area contributed by atoms with Crippen molar-refractivity contribution in [3.63, 3.8) is 0 Å². The number of halogens is 3. The summed E-state index contributed by atoms with van der Waals surface area (Å²) in [6.45, 7) is -0.183. The summed E-state index contributed by atoms with van der Waals surface area (Å²) in [5, 5.41) is 20.4. The molecule has 1 aliphatic heterocycles. The topological polar surface area (TPSA) is 93.9 Å². The van der Waals surface area contributed by atoms with Gasteiger partial charge in [0.25, 0.3) is 0 Å². The van der Waals surface area contributed by atoms with Gasteiger partial charge in [-0.1, -0.05) is 6.07 Å². The lowest BCUT2D eigenvalue weighted by atomic mass is 10.0. The van der Waals surface area contributed by atoms with Gasteiger partial charge < -0.3 is 24.4 Å². The smallest absolute Gasteiger partial charge is 0.433 e. The molecule has 2 aromatic rings. The van der Waals surface area contributed by atoms with Gasteiger partial charge >= 0.3 is 6.18 Å². The van der Waals surface area contributed by atoms with Gasteiger partial charge in [-0.05, 0) is 18.2 Å². The Morgan fingerprint density at radius 1 is 1.11 bits per heavy atom. The molecule has 10 heteroatoms. The van der Waals surface area contributed by atoms with Gasteiger partial charge in [0, 0.05) is 18.5 Å². The summed E-state index contributed by atoms with van der Waals surface area (Å²) in [6, 6.07) is 6.42. The standard InChI is InChI=1S/C17H17F3N2O5/c18-17(19,20)13-2-1-3-14(22-13)27-12-9-26-11(15(23)16(12)24)8-25-10-4-6-21-7-5-10/h1-7,11-12,15-16,23-24H,8-9H2/t11-,12+,15+,16-/m1/s1. The molecule has 146 valence electrons. The molecule has 0 radical (unpaired) electrons. The second-order valence-corrected chi connectivity index (χ2v) is 5.86. The normalized spacial score (nSPS) is 25.8. The van der Waals surface area contributed by atoms with Crippen molar-refractivity contribution in [3.8, 4) is 11.6 Å². The number of ether oxygens (including phenoxy) is 3. The molecule has 4 atom stereocenters. The van der Waals surface area contributed by atoms with Crippen molar-refractivity contribution in [2.75, 3.05) is 13.2 Å². The van der Waals surface area contributed by atoms with Gasteiger partial charge in [0.1, 0.15) is 36.4 Å². The highest BCUT2D eigenvalue weighted by Gasteiger charge is 2.40. The maximum Gasteiger partial charge on any atom is 0.433 e. The van der Waals surface area contributed by atoms with Crippen LogP contribution in [0.15, 0.2) is 42.7 Å². The Labute approximate surface area is 152 Å². The van der Waals surface area contributed by atoms with Crippen LogP contribution < -0.4 is 9.47 Å². The fourth-order valence-electron chi connectivity index (χ4n) is 2.51. The zero-order chi connectivity index (χ0) is 19.4. The molecule has 3 rings (SSSR count). The Balaban J connectivity index is 1.59. The maximum atomic E-state index is 12.7. The molecule has 1 saturated heterocycles. The van der Waals surface area contributed by atoms with Gasteiger partial charge in [-0.15, -0.1) is 0 Å². The van der Waals surface area contributed by atoms with Gasteiger partial charge in [-0.2, -0.15) is 13.2 Å². The van der Waals surface area contributed by atoms with Crippen molar-refractivity contribution in [1.82, 2.24) is 9.97 Å². The summed E-state index contributed by atoms with van der Waals surface area (Å²) in [7, 11) is 0. The predicted octanol–water partition coefficient (Wildman–Crippen LogP) is 1.44. The first-order valence-corrected chi connectivity index (χ1v) is 8.06. The molecule has 0 saturated carbocycles. The molecule has 27 heavy (non-hydrogen) atoms. The van der Waals surface area contributed by atoms with E-state index in [9.17, 15) is 23.4 Å². The van der Waals surface area contributed by atoms with Crippen molar-refractivity contribution in [1.29, 1.82) is 0 Å². The van der Waals surface area contributed by atoms with E-state index in [1.54, 1.807) is 12.1 Å². The summed E-state index contributed by atoms with van der Waals surface area (Å²) in [4.78, 5) is 7.21. The van der Waals surface area contributed by atoms with E-state index in [-0.39, 0.29) is 19.1 Å². The molecule has 2 aromatic heterocycles. The van der Waals surface area contributed by atoms with Crippen LogP contribution in [-0.4, -0.2) is 57.8 Å². The summed E-state index contributed by atoms with van der Waals surface area (Å²) < 4.78 is 54.3. The van der Waals surface area contributed by atoms with Crippen LogP contribution in [0.5, 0.6) is 11.6 Å². The van der Waals surface area contributed by atoms with Crippen LogP contribution in [0.4, 0.5) is 13.2 Å². The highest BCUT2D eigenvalue weighted by molar-refractivity contribution is 5.19. The van der Waals surface area contributed by atoms with E-state index in [2.05, 4.69) is 9.97 Å². The SMILES string of the molecule is O[C@@H]1[C@H](O)[C@@H](Oc2cccc(C(F)(F)F)n2)CO[C@@H]1COc1ccncc1. The molecule has 3 heterocycles. The molecule has 0 spiro atoms. The number of hydrogen-bond donors (Lipinski definition) is 2. The minimum atomic E-state index is -4.62. The van der Waals surface area contributed by atoms with Crippen molar-refractivity contribution in [2.24, 2.45) is 0 Å². The van der Waals surface area contributed by atoms with Crippen molar-refractivity contribution < 1.29 is 37.6 Å². The number of pyridine rings is 2. The number of hydrogen-bond acceptors (Lipinski definition) is 7. The third kappa shape index (κ3) is 4.85. The van der Waals surface area contributed by atoms with Gasteiger partial charge in [0.2, 0.25) is 5.88 Å². The minimum Gasteiger partial charge on any atom is -0.491 e. The highest BCUT2D eigenvalue weighted by Crippen LogP contribution is 2.29. The summed E-state index contributed by atoms with van der Waals surface area (Å²) in [5.74, 6) is 0.193. The first-order valence-electron chi connectivity index (χ1n) is 8.06. The summed E-state index contributed by atoms with van der Waals surface area (Å²) >= 11 is 0. The molecule has 7 nitrogen and oxygen atoms in total.